The fourth-order valence-electron chi connectivity index (χ4n) is 2.30. The van der Waals surface area contributed by atoms with Gasteiger partial charge in [-0.15, -0.1) is 0 Å². The Morgan fingerprint density at radius 3 is 1.50 bits per heavy atom. The van der Waals surface area contributed by atoms with Crippen LogP contribution in [0.25, 0.3) is 0 Å². The molecule has 3 heteroatoms. The van der Waals surface area contributed by atoms with E-state index in [1.165, 1.54) is 0 Å². The smallest absolute Gasteiger partial charge is 0.215 e. The van der Waals surface area contributed by atoms with Gasteiger partial charge in [0, 0.05) is 0 Å². The highest BCUT2D eigenvalue weighted by atomic mass is 28.3. The number of nitrogens with zero attached hydrogens (tertiary/aromatic N) is 2. The molecule has 0 atom stereocenters. The van der Waals surface area contributed by atoms with E-state index in [-0.39, 0.29) is 0 Å². The minimum absolute atomic E-state index is 0.644. The average molecular weight is 242 g/mol. The Morgan fingerprint density at radius 1 is 0.938 bits per heavy atom. The minimum Gasteiger partial charge on any atom is -0.309 e. The Kier molecular flexibility index (Phi) is 7.98. The molecule has 0 unspecified atom stereocenters. The lowest BCUT2D eigenvalue weighted by molar-refractivity contribution is 0.297. The summed E-state index contributed by atoms with van der Waals surface area (Å²) in [6.07, 6.45) is 2.23. The van der Waals surface area contributed by atoms with E-state index in [2.05, 4.69) is 69.4 Å². The number of allylic oxidation sites excluding steroid dienone is 1. The molecule has 0 saturated carbocycles. The van der Waals surface area contributed by atoms with Crippen LogP contribution in [0.3, 0.4) is 0 Å². The van der Waals surface area contributed by atoms with E-state index in [1.54, 1.807) is 0 Å². The highest BCUT2D eigenvalue weighted by molar-refractivity contribution is 6.58. The molecule has 0 bridgehead atoms. The summed E-state index contributed by atoms with van der Waals surface area (Å²) in [6, 6.07) is 1.29. The van der Waals surface area contributed by atoms with E-state index in [1.807, 2.05) is 0 Å². The van der Waals surface area contributed by atoms with Gasteiger partial charge in [-0.1, -0.05) is 53.3 Å². The van der Waals surface area contributed by atoms with E-state index in [0.717, 1.165) is 13.1 Å². The largest absolute Gasteiger partial charge is 0.309 e. The van der Waals surface area contributed by atoms with Crippen molar-refractivity contribution >= 4 is 9.12 Å². The summed E-state index contributed by atoms with van der Waals surface area (Å²) >= 11 is 0. The second-order valence-corrected chi connectivity index (χ2v) is 7.33. The van der Waals surface area contributed by atoms with Crippen LogP contribution in [-0.4, -0.2) is 43.4 Å². The summed E-state index contributed by atoms with van der Waals surface area (Å²) in [5, 5.41) is 0. The maximum Gasteiger partial charge on any atom is 0.215 e. The quantitative estimate of drug-likeness (QED) is 0.634. The van der Waals surface area contributed by atoms with Gasteiger partial charge in [0.1, 0.15) is 0 Å². The molecule has 0 spiro atoms. The summed E-state index contributed by atoms with van der Waals surface area (Å²) < 4.78 is 5.34. The maximum absolute atomic E-state index is 2.67. The van der Waals surface area contributed by atoms with E-state index >= 15 is 0 Å². The monoisotopic (exact) mass is 242 g/mol. The van der Waals surface area contributed by atoms with E-state index < -0.39 is 9.12 Å². The normalized spacial score (nSPS) is 13.2. The van der Waals surface area contributed by atoms with Gasteiger partial charge in [-0.3, -0.25) is 0 Å². The molecule has 0 fully saturated rings. The zero-order chi connectivity index (χ0) is 12.7. The molecular weight excluding hydrogens is 212 g/mol. The Labute approximate surface area is 104 Å². The zero-order valence-corrected chi connectivity index (χ0v) is 13.4. The van der Waals surface area contributed by atoms with Crippen LogP contribution in [0.2, 0.25) is 0 Å². The van der Waals surface area contributed by atoms with Crippen LogP contribution in [0.1, 0.15) is 48.5 Å². The van der Waals surface area contributed by atoms with Crippen LogP contribution in [0.5, 0.6) is 0 Å². The summed E-state index contributed by atoms with van der Waals surface area (Å²) in [4.78, 5) is 0. The van der Waals surface area contributed by atoms with Crippen molar-refractivity contribution in [2.75, 3.05) is 13.1 Å². The van der Waals surface area contributed by atoms with Gasteiger partial charge in [-0.25, -0.2) is 0 Å². The molecule has 0 heterocycles. The Morgan fingerprint density at radius 2 is 1.31 bits per heavy atom. The van der Waals surface area contributed by atoms with Crippen LogP contribution >= 0.6 is 0 Å². The van der Waals surface area contributed by atoms with Crippen molar-refractivity contribution in [1.82, 2.24) is 9.13 Å². The molecule has 0 aliphatic rings. The van der Waals surface area contributed by atoms with Gasteiger partial charge in [0.15, 0.2) is 0 Å². The Hall–Kier alpha value is -0.123. The summed E-state index contributed by atoms with van der Waals surface area (Å²) in [5.41, 5.74) is 2.45. The third kappa shape index (κ3) is 4.40. The molecule has 0 aliphatic heterocycles. The molecule has 0 amide bonds. The molecule has 0 N–H and O–H groups in total. The maximum atomic E-state index is 2.67. The minimum atomic E-state index is -1.09. The molecule has 0 aliphatic carbocycles. The zero-order valence-electron chi connectivity index (χ0n) is 12.2. The van der Waals surface area contributed by atoms with E-state index in [9.17, 15) is 0 Å². The first-order valence-corrected chi connectivity index (χ1v) is 8.33. The van der Waals surface area contributed by atoms with Crippen molar-refractivity contribution in [3.05, 3.63) is 11.8 Å². The van der Waals surface area contributed by atoms with Crippen molar-refractivity contribution in [3.63, 3.8) is 0 Å². The van der Waals surface area contributed by atoms with Crippen LogP contribution < -0.4 is 0 Å². The van der Waals surface area contributed by atoms with Gasteiger partial charge in [0.2, 0.25) is 9.12 Å². The van der Waals surface area contributed by atoms with Gasteiger partial charge >= 0.3 is 0 Å². The molecular formula is C13H30N2Si. The summed E-state index contributed by atoms with van der Waals surface area (Å²) in [5.74, 6) is 0. The number of rotatable bonds is 7. The van der Waals surface area contributed by atoms with Gasteiger partial charge in [0.25, 0.3) is 0 Å². The molecule has 96 valence electrons. The molecule has 0 rings (SSSR count). The topological polar surface area (TPSA) is 6.48 Å². The van der Waals surface area contributed by atoms with Gasteiger partial charge in [0.05, 0.1) is 0 Å². The molecule has 0 saturated heterocycles. The third-order valence-electron chi connectivity index (χ3n) is 3.10. The molecule has 16 heavy (non-hydrogen) atoms. The average Bonchev–Trinajstić information content (AvgIpc) is 2.18. The van der Waals surface area contributed by atoms with Crippen molar-refractivity contribution < 1.29 is 0 Å². The van der Waals surface area contributed by atoms with Crippen LogP contribution in [0, 0.1) is 0 Å². The first-order valence-electron chi connectivity index (χ1n) is 6.63. The fraction of sp³-hybridized carbons (Fsp3) is 0.846. The van der Waals surface area contributed by atoms with Gasteiger partial charge < -0.3 is 9.13 Å². The Bertz CT molecular complexity index is 186. The van der Waals surface area contributed by atoms with Crippen molar-refractivity contribution in [1.29, 1.82) is 0 Å². The van der Waals surface area contributed by atoms with Gasteiger partial charge in [-0.05, 0) is 32.1 Å². The van der Waals surface area contributed by atoms with Crippen molar-refractivity contribution in [3.8, 4) is 0 Å². The molecule has 0 radical (unpaired) electrons. The highest BCUT2D eigenvalue weighted by Crippen LogP contribution is 2.11. The van der Waals surface area contributed by atoms with Crippen molar-refractivity contribution in [2.45, 2.75) is 60.5 Å². The van der Waals surface area contributed by atoms with Crippen LogP contribution in [0.15, 0.2) is 11.8 Å². The number of hydrogen-bond donors (Lipinski definition) is 0. The lowest BCUT2D eigenvalue weighted by Gasteiger charge is -2.40. The predicted molar refractivity (Wildman–Crippen MR) is 77.0 cm³/mol. The molecule has 0 aromatic heterocycles. The first-order chi connectivity index (χ1) is 7.49. The van der Waals surface area contributed by atoms with Gasteiger partial charge in [-0.2, -0.15) is 0 Å². The molecule has 0 aromatic rings. The summed E-state index contributed by atoms with van der Waals surface area (Å²) in [7, 11) is -1.09. The first kappa shape index (κ1) is 15.9. The predicted octanol–water partition coefficient (Wildman–Crippen LogP) is 2.78. The van der Waals surface area contributed by atoms with Crippen molar-refractivity contribution in [2.24, 2.45) is 0 Å². The lowest BCUT2D eigenvalue weighted by atomic mass is 10.4. The molecule has 2 nitrogen and oxygen atoms in total. The van der Waals surface area contributed by atoms with E-state index in [0.29, 0.717) is 12.1 Å². The van der Waals surface area contributed by atoms with E-state index in [4.69, 9.17) is 0 Å². The molecule has 0 aromatic carbocycles. The SMILES string of the molecule is CC=C[SiH](N(CC)C(C)C)N(CC)C(C)C. The lowest BCUT2D eigenvalue weighted by Crippen LogP contribution is -2.56. The Balaban J connectivity index is 4.94. The summed E-state index contributed by atoms with van der Waals surface area (Å²) in [6.45, 7) is 18.2. The van der Waals surface area contributed by atoms with Crippen LogP contribution in [0.4, 0.5) is 0 Å². The second kappa shape index (κ2) is 8.04. The van der Waals surface area contributed by atoms with Crippen LogP contribution in [-0.2, 0) is 0 Å². The highest BCUT2D eigenvalue weighted by Gasteiger charge is 2.26. The fourth-order valence-corrected chi connectivity index (χ4v) is 5.44. The number of hydrogen-bond acceptors (Lipinski definition) is 2. The standard InChI is InChI=1S/C13H30N2Si/c1-8-11-16(14(9-2)12(4)5)15(10-3)13(6)7/h8,11-13,16H,9-10H2,1-7H3. The second-order valence-electron chi connectivity index (χ2n) is 4.79. The third-order valence-corrected chi connectivity index (χ3v) is 7.11.